The fourth-order valence-corrected chi connectivity index (χ4v) is 2.86. The molecule has 0 aliphatic carbocycles. The minimum atomic E-state index is -0.0953. The lowest BCUT2D eigenvalue weighted by Crippen LogP contribution is -2.29. The van der Waals surface area contributed by atoms with Gasteiger partial charge in [-0.15, -0.1) is 0 Å². The van der Waals surface area contributed by atoms with Gasteiger partial charge in [0.15, 0.2) is 0 Å². The Kier molecular flexibility index (Phi) is 6.42. The Balaban J connectivity index is 2.11. The number of hydrogen-bond donors (Lipinski definition) is 1. The van der Waals surface area contributed by atoms with Crippen LogP contribution in [0.2, 0.25) is 0 Å². The predicted molar refractivity (Wildman–Crippen MR) is 94.1 cm³/mol. The lowest BCUT2D eigenvalue weighted by Gasteiger charge is -2.24. The van der Waals surface area contributed by atoms with Gasteiger partial charge < -0.3 is 10.5 Å². The average molecular weight is 413 g/mol. The predicted octanol–water partition coefficient (Wildman–Crippen LogP) is 5.21. The molecule has 0 fully saturated rings. The first-order valence-corrected chi connectivity index (χ1v) is 8.56. The molecule has 0 spiro atoms. The fraction of sp³-hybridized carbons (Fsp3) is 0.294. The van der Waals surface area contributed by atoms with Crippen molar-refractivity contribution in [3.05, 3.63) is 68.6 Å². The van der Waals surface area contributed by atoms with Gasteiger partial charge in [-0.25, -0.2) is 0 Å². The molecule has 0 aliphatic rings. The van der Waals surface area contributed by atoms with Crippen molar-refractivity contribution in [1.82, 2.24) is 0 Å². The highest BCUT2D eigenvalue weighted by atomic mass is 79.9. The molecule has 2 rings (SSSR count). The molecule has 21 heavy (non-hydrogen) atoms. The highest BCUT2D eigenvalue weighted by Crippen LogP contribution is 2.25. The van der Waals surface area contributed by atoms with Crippen molar-refractivity contribution in [3.8, 4) is 0 Å². The third-order valence-electron chi connectivity index (χ3n) is 3.38. The van der Waals surface area contributed by atoms with Gasteiger partial charge in [-0.05, 0) is 41.8 Å². The number of nitrogens with two attached hydrogens (primary N) is 1. The van der Waals surface area contributed by atoms with E-state index in [1.165, 1.54) is 0 Å². The molecule has 0 saturated heterocycles. The highest BCUT2D eigenvalue weighted by Gasteiger charge is 2.19. The summed E-state index contributed by atoms with van der Waals surface area (Å²) in [6.07, 6.45) is 0.779. The Morgan fingerprint density at radius 2 is 1.76 bits per heavy atom. The van der Waals surface area contributed by atoms with Crippen LogP contribution in [0.3, 0.4) is 0 Å². The molecule has 0 amide bonds. The molecule has 0 bridgehead atoms. The minimum Gasteiger partial charge on any atom is -0.367 e. The summed E-state index contributed by atoms with van der Waals surface area (Å²) in [5, 5.41) is 0. The summed E-state index contributed by atoms with van der Waals surface area (Å²) >= 11 is 6.93. The Hall–Kier alpha value is -0.680. The van der Waals surface area contributed by atoms with Crippen molar-refractivity contribution in [1.29, 1.82) is 0 Å². The van der Waals surface area contributed by atoms with Crippen molar-refractivity contribution >= 4 is 31.9 Å². The molecular weight excluding hydrogens is 394 g/mol. The zero-order valence-electron chi connectivity index (χ0n) is 11.9. The molecule has 2 aromatic carbocycles. The minimum absolute atomic E-state index is 0.0154. The number of halogens is 2. The Morgan fingerprint density at radius 3 is 2.38 bits per heavy atom. The zero-order chi connectivity index (χ0) is 15.2. The Labute approximate surface area is 143 Å². The summed E-state index contributed by atoms with van der Waals surface area (Å²) in [5.74, 6) is 0. The van der Waals surface area contributed by atoms with Gasteiger partial charge >= 0.3 is 0 Å². The lowest BCUT2D eigenvalue weighted by molar-refractivity contribution is 0.0212. The first kappa shape index (κ1) is 16.7. The van der Waals surface area contributed by atoms with Gasteiger partial charge in [0.2, 0.25) is 0 Å². The van der Waals surface area contributed by atoms with Crippen LogP contribution in [-0.4, -0.2) is 6.04 Å². The maximum atomic E-state index is 6.24. The van der Waals surface area contributed by atoms with Gasteiger partial charge in [-0.3, -0.25) is 0 Å². The summed E-state index contributed by atoms with van der Waals surface area (Å²) in [5.41, 5.74) is 8.48. The van der Waals surface area contributed by atoms with E-state index in [1.54, 1.807) is 0 Å². The Morgan fingerprint density at radius 1 is 1.05 bits per heavy atom. The van der Waals surface area contributed by atoms with Crippen LogP contribution in [0.1, 0.15) is 30.6 Å². The van der Waals surface area contributed by atoms with Crippen molar-refractivity contribution in [2.75, 3.05) is 0 Å². The van der Waals surface area contributed by atoms with E-state index in [9.17, 15) is 0 Å². The van der Waals surface area contributed by atoms with Crippen molar-refractivity contribution < 1.29 is 4.74 Å². The second-order valence-electron chi connectivity index (χ2n) is 4.99. The standard InChI is InChI=1S/C17H19Br2NO/c1-2-16(20)17(13-6-8-14(18)9-7-13)21-11-12-4-3-5-15(19)10-12/h3-10,16-17H,2,11,20H2,1H3. The van der Waals surface area contributed by atoms with Crippen molar-refractivity contribution in [3.63, 3.8) is 0 Å². The van der Waals surface area contributed by atoms with E-state index < -0.39 is 0 Å². The molecule has 2 nitrogen and oxygen atoms in total. The second kappa shape index (κ2) is 8.08. The topological polar surface area (TPSA) is 35.2 Å². The van der Waals surface area contributed by atoms with E-state index in [1.807, 2.05) is 24.3 Å². The average Bonchev–Trinajstić information content (AvgIpc) is 2.49. The van der Waals surface area contributed by atoms with Gasteiger partial charge in [-0.1, -0.05) is 63.0 Å². The lowest BCUT2D eigenvalue weighted by atomic mass is 10.0. The first-order valence-electron chi connectivity index (χ1n) is 6.97. The maximum absolute atomic E-state index is 6.24. The van der Waals surface area contributed by atoms with Crippen LogP contribution in [0, 0.1) is 0 Å². The molecule has 0 aliphatic heterocycles. The largest absolute Gasteiger partial charge is 0.367 e. The third kappa shape index (κ3) is 4.92. The van der Waals surface area contributed by atoms with Gasteiger partial charge in [0, 0.05) is 15.0 Å². The molecule has 2 aromatic rings. The number of rotatable bonds is 6. The summed E-state index contributed by atoms with van der Waals surface area (Å²) < 4.78 is 8.22. The van der Waals surface area contributed by atoms with Crippen LogP contribution in [0.15, 0.2) is 57.5 Å². The monoisotopic (exact) mass is 411 g/mol. The van der Waals surface area contributed by atoms with E-state index in [2.05, 4.69) is 63.0 Å². The molecule has 2 unspecified atom stereocenters. The maximum Gasteiger partial charge on any atom is 0.0980 e. The van der Waals surface area contributed by atoms with Gasteiger partial charge in [0.25, 0.3) is 0 Å². The highest BCUT2D eigenvalue weighted by molar-refractivity contribution is 9.10. The molecule has 4 heteroatoms. The quantitative estimate of drug-likeness (QED) is 0.706. The zero-order valence-corrected chi connectivity index (χ0v) is 15.1. The summed E-state index contributed by atoms with van der Waals surface area (Å²) in [7, 11) is 0. The molecule has 0 aromatic heterocycles. The van der Waals surface area contributed by atoms with E-state index in [0.29, 0.717) is 6.61 Å². The second-order valence-corrected chi connectivity index (χ2v) is 6.82. The van der Waals surface area contributed by atoms with Crippen LogP contribution in [-0.2, 0) is 11.3 Å². The smallest absolute Gasteiger partial charge is 0.0980 e. The normalized spacial score (nSPS) is 13.9. The van der Waals surface area contributed by atoms with Crippen LogP contribution < -0.4 is 5.73 Å². The molecular formula is C17H19Br2NO. The van der Waals surface area contributed by atoms with Crippen LogP contribution >= 0.6 is 31.9 Å². The molecule has 112 valence electrons. The Bertz CT molecular complexity index is 571. The van der Waals surface area contributed by atoms with Gasteiger partial charge in [0.05, 0.1) is 12.7 Å². The SMILES string of the molecule is CCC(N)C(OCc1cccc(Br)c1)c1ccc(Br)cc1. The van der Waals surface area contributed by atoms with Gasteiger partial charge in [0.1, 0.15) is 0 Å². The fourth-order valence-electron chi connectivity index (χ4n) is 2.15. The number of ether oxygens (including phenoxy) is 1. The van der Waals surface area contributed by atoms with E-state index in [0.717, 1.165) is 26.5 Å². The molecule has 2 atom stereocenters. The number of hydrogen-bond acceptors (Lipinski definition) is 2. The van der Waals surface area contributed by atoms with E-state index in [-0.39, 0.29) is 12.1 Å². The molecule has 0 radical (unpaired) electrons. The van der Waals surface area contributed by atoms with Crippen molar-refractivity contribution in [2.24, 2.45) is 5.73 Å². The van der Waals surface area contributed by atoms with Crippen molar-refractivity contribution in [2.45, 2.75) is 32.1 Å². The van der Waals surface area contributed by atoms with Crippen LogP contribution in [0.25, 0.3) is 0 Å². The van der Waals surface area contributed by atoms with Crippen LogP contribution in [0.5, 0.6) is 0 Å². The van der Waals surface area contributed by atoms with Gasteiger partial charge in [-0.2, -0.15) is 0 Å². The van der Waals surface area contributed by atoms with Crippen LogP contribution in [0.4, 0.5) is 0 Å². The van der Waals surface area contributed by atoms with E-state index >= 15 is 0 Å². The molecule has 0 saturated carbocycles. The van der Waals surface area contributed by atoms with E-state index in [4.69, 9.17) is 10.5 Å². The number of benzene rings is 2. The summed E-state index contributed by atoms with van der Waals surface area (Å²) in [6.45, 7) is 2.63. The summed E-state index contributed by atoms with van der Waals surface area (Å²) in [4.78, 5) is 0. The molecule has 2 N–H and O–H groups in total. The summed E-state index contributed by atoms with van der Waals surface area (Å²) in [6, 6.07) is 16.3. The molecule has 0 heterocycles. The third-order valence-corrected chi connectivity index (χ3v) is 4.40. The first-order chi connectivity index (χ1) is 10.1.